The first-order valence-corrected chi connectivity index (χ1v) is 7.93. The molecule has 1 atom stereocenters. The molecule has 0 radical (unpaired) electrons. The monoisotopic (exact) mass is 302 g/mol. The summed E-state index contributed by atoms with van der Waals surface area (Å²) in [7, 11) is 0. The van der Waals surface area contributed by atoms with Crippen molar-refractivity contribution in [2.75, 3.05) is 0 Å². The Hall–Kier alpha value is -2.61. The van der Waals surface area contributed by atoms with E-state index in [0.29, 0.717) is 0 Å². The fourth-order valence-electron chi connectivity index (χ4n) is 3.68. The van der Waals surface area contributed by atoms with Gasteiger partial charge in [-0.15, -0.1) is 0 Å². The van der Waals surface area contributed by atoms with Crippen molar-refractivity contribution in [2.24, 2.45) is 0 Å². The molecule has 0 bridgehead atoms. The van der Waals surface area contributed by atoms with Crippen LogP contribution >= 0.6 is 0 Å². The van der Waals surface area contributed by atoms with Gasteiger partial charge in [0.25, 0.3) is 0 Å². The molecule has 2 nitrogen and oxygen atoms in total. The summed E-state index contributed by atoms with van der Waals surface area (Å²) in [6.45, 7) is 1.85. The number of rotatable bonds is 2. The number of hydrogen-bond donors (Lipinski definition) is 0. The summed E-state index contributed by atoms with van der Waals surface area (Å²) in [5, 5.41) is 0. The van der Waals surface area contributed by atoms with Gasteiger partial charge < -0.3 is 4.74 Å². The average Bonchev–Trinajstić information content (AvgIpc) is 2.90. The lowest BCUT2D eigenvalue weighted by atomic mass is 9.67. The van der Waals surface area contributed by atoms with E-state index in [-0.39, 0.29) is 17.5 Å². The van der Waals surface area contributed by atoms with Crippen molar-refractivity contribution in [1.82, 2.24) is 0 Å². The molecular weight excluding hydrogens is 284 g/mol. The molecular formula is C21H18O2. The molecule has 0 N–H and O–H groups in total. The van der Waals surface area contributed by atoms with Gasteiger partial charge in [-0.05, 0) is 18.1 Å². The van der Waals surface area contributed by atoms with Gasteiger partial charge in [-0.1, -0.05) is 72.8 Å². The first-order valence-electron chi connectivity index (χ1n) is 7.93. The van der Waals surface area contributed by atoms with Crippen molar-refractivity contribution in [3.05, 3.63) is 95.1 Å². The number of benzene rings is 2. The van der Waals surface area contributed by atoms with Crippen molar-refractivity contribution in [3.63, 3.8) is 0 Å². The summed E-state index contributed by atoms with van der Waals surface area (Å²) in [5.41, 5.74) is 3.95. The van der Waals surface area contributed by atoms with Crippen LogP contribution in [0.15, 0.2) is 84.0 Å². The molecule has 0 amide bonds. The third-order valence-corrected chi connectivity index (χ3v) is 4.97. The zero-order chi connectivity index (χ0) is 15.9. The summed E-state index contributed by atoms with van der Waals surface area (Å²) in [4.78, 5) is 11.9. The zero-order valence-electron chi connectivity index (χ0n) is 13.0. The number of carbonyl (C=O) groups excluding carboxylic acids is 1. The van der Waals surface area contributed by atoms with Gasteiger partial charge in [0, 0.05) is 23.0 Å². The predicted molar refractivity (Wildman–Crippen MR) is 90.0 cm³/mol. The average molecular weight is 302 g/mol. The van der Waals surface area contributed by atoms with Crippen LogP contribution in [0.1, 0.15) is 24.5 Å². The number of carbonyl (C=O) groups is 1. The minimum absolute atomic E-state index is 0.159. The van der Waals surface area contributed by atoms with Crippen LogP contribution in [0.4, 0.5) is 0 Å². The van der Waals surface area contributed by atoms with Gasteiger partial charge >= 0.3 is 5.97 Å². The highest BCUT2D eigenvalue weighted by Crippen LogP contribution is 2.45. The normalized spacial score (nSPS) is 22.0. The summed E-state index contributed by atoms with van der Waals surface area (Å²) in [5.74, 6) is -0.188. The minimum atomic E-state index is -0.262. The van der Waals surface area contributed by atoms with Crippen molar-refractivity contribution in [2.45, 2.75) is 24.9 Å². The van der Waals surface area contributed by atoms with Crippen LogP contribution in [-0.4, -0.2) is 12.1 Å². The molecule has 114 valence electrons. The van der Waals surface area contributed by atoms with Crippen LogP contribution in [0, 0.1) is 0 Å². The molecule has 1 unspecified atom stereocenters. The highest BCUT2D eigenvalue weighted by Gasteiger charge is 2.43. The van der Waals surface area contributed by atoms with Crippen LogP contribution in [0.25, 0.3) is 0 Å². The van der Waals surface area contributed by atoms with Gasteiger partial charge in [-0.3, -0.25) is 0 Å². The molecule has 0 saturated carbocycles. The van der Waals surface area contributed by atoms with Crippen molar-refractivity contribution >= 4 is 5.97 Å². The minimum Gasteiger partial charge on any atom is -0.454 e. The van der Waals surface area contributed by atoms with Gasteiger partial charge in [0.05, 0.1) is 0 Å². The Balaban J connectivity index is 1.89. The second kappa shape index (κ2) is 5.24. The molecule has 1 aliphatic heterocycles. The molecule has 0 spiro atoms. The summed E-state index contributed by atoms with van der Waals surface area (Å²) >= 11 is 0. The quantitative estimate of drug-likeness (QED) is 0.778. The second-order valence-electron chi connectivity index (χ2n) is 6.22. The van der Waals surface area contributed by atoms with Gasteiger partial charge in [-0.25, -0.2) is 4.79 Å². The van der Waals surface area contributed by atoms with Crippen molar-refractivity contribution < 1.29 is 9.53 Å². The standard InChI is InChI=1S/C21H18O2/c1-15-18-12-13-21(14-19(18)23-20(15)22,16-8-4-2-5-9-16)17-10-6-3-7-11-17/h2-13,19H,14H2,1H3. The van der Waals surface area contributed by atoms with Gasteiger partial charge in [0.2, 0.25) is 0 Å². The number of fused-ring (bicyclic) bond motifs is 1. The van der Waals surface area contributed by atoms with E-state index in [9.17, 15) is 4.79 Å². The Morgan fingerprint density at radius 3 is 2.09 bits per heavy atom. The third-order valence-electron chi connectivity index (χ3n) is 4.97. The molecule has 1 heterocycles. The number of esters is 1. The molecule has 2 aliphatic rings. The van der Waals surface area contributed by atoms with E-state index in [1.165, 1.54) is 11.1 Å². The molecule has 2 heteroatoms. The number of allylic oxidation sites excluding steroid dienone is 1. The van der Waals surface area contributed by atoms with Crippen LogP contribution in [0.5, 0.6) is 0 Å². The lowest BCUT2D eigenvalue weighted by molar-refractivity contribution is -0.140. The SMILES string of the molecule is CC1=C2C=CC(c3ccccc3)(c3ccccc3)CC2OC1=O. The second-order valence-corrected chi connectivity index (χ2v) is 6.22. The molecule has 1 aliphatic carbocycles. The van der Waals surface area contributed by atoms with Crippen molar-refractivity contribution in [3.8, 4) is 0 Å². The number of hydrogen-bond acceptors (Lipinski definition) is 2. The van der Waals surface area contributed by atoms with E-state index in [1.807, 2.05) is 19.1 Å². The van der Waals surface area contributed by atoms with Gasteiger partial charge in [0.1, 0.15) is 6.10 Å². The Labute approximate surface area is 136 Å². The maximum Gasteiger partial charge on any atom is 0.334 e. The highest BCUT2D eigenvalue weighted by atomic mass is 16.5. The maximum absolute atomic E-state index is 11.9. The molecule has 2 aromatic rings. The summed E-state index contributed by atoms with van der Waals surface area (Å²) in [6, 6.07) is 20.9. The first kappa shape index (κ1) is 14.0. The predicted octanol–water partition coefficient (Wildman–Crippen LogP) is 4.17. The van der Waals surface area contributed by atoms with Crippen LogP contribution in [0.3, 0.4) is 0 Å². The fourth-order valence-corrected chi connectivity index (χ4v) is 3.68. The van der Waals surface area contributed by atoms with E-state index in [1.54, 1.807) is 0 Å². The molecule has 0 aromatic heterocycles. The highest BCUT2D eigenvalue weighted by molar-refractivity contribution is 5.92. The summed E-state index contributed by atoms with van der Waals surface area (Å²) < 4.78 is 5.61. The smallest absolute Gasteiger partial charge is 0.334 e. The van der Waals surface area contributed by atoms with Crippen LogP contribution in [0.2, 0.25) is 0 Å². The van der Waals surface area contributed by atoms with E-state index < -0.39 is 0 Å². The number of ether oxygens (including phenoxy) is 1. The van der Waals surface area contributed by atoms with Crippen LogP contribution < -0.4 is 0 Å². The van der Waals surface area contributed by atoms with E-state index in [2.05, 4.69) is 60.7 Å². The molecule has 0 saturated heterocycles. The van der Waals surface area contributed by atoms with Gasteiger partial charge in [-0.2, -0.15) is 0 Å². The van der Waals surface area contributed by atoms with Crippen molar-refractivity contribution in [1.29, 1.82) is 0 Å². The van der Waals surface area contributed by atoms with E-state index in [4.69, 9.17) is 4.74 Å². The largest absolute Gasteiger partial charge is 0.454 e. The first-order chi connectivity index (χ1) is 11.2. The lowest BCUT2D eigenvalue weighted by Crippen LogP contribution is -2.34. The Bertz CT molecular complexity index is 761. The molecule has 2 aromatic carbocycles. The molecule has 0 fully saturated rings. The fraction of sp³-hybridized carbons (Fsp3) is 0.190. The van der Waals surface area contributed by atoms with Crippen LogP contribution in [-0.2, 0) is 14.9 Å². The molecule has 4 rings (SSSR count). The van der Waals surface area contributed by atoms with Gasteiger partial charge in [0.15, 0.2) is 0 Å². The maximum atomic E-state index is 11.9. The lowest BCUT2D eigenvalue weighted by Gasteiger charge is -2.37. The third kappa shape index (κ3) is 2.14. The Morgan fingerprint density at radius 2 is 1.52 bits per heavy atom. The van der Waals surface area contributed by atoms with E-state index >= 15 is 0 Å². The Morgan fingerprint density at radius 1 is 0.957 bits per heavy atom. The topological polar surface area (TPSA) is 26.3 Å². The summed E-state index contributed by atoms with van der Waals surface area (Å²) in [6.07, 6.45) is 4.90. The van der Waals surface area contributed by atoms with E-state index in [0.717, 1.165) is 17.6 Å². The zero-order valence-corrected chi connectivity index (χ0v) is 13.0. The Kier molecular flexibility index (Phi) is 3.19. The molecule has 23 heavy (non-hydrogen) atoms.